The Hall–Kier alpha value is -1.39. The molecule has 0 spiro atoms. The van der Waals surface area contributed by atoms with E-state index in [2.05, 4.69) is 0 Å². The van der Waals surface area contributed by atoms with Crippen molar-refractivity contribution in [3.8, 4) is 0 Å². The minimum atomic E-state index is -0.701. The molecule has 0 fully saturated rings. The molecule has 2 aromatic carbocycles. The lowest BCUT2D eigenvalue weighted by molar-refractivity contribution is 0.101. The van der Waals surface area contributed by atoms with Crippen LogP contribution in [-0.4, -0.2) is 27.8 Å². The van der Waals surface area contributed by atoms with E-state index < -0.39 is 12.2 Å². The Bertz CT molecular complexity index is 715. The monoisotopic (exact) mass is 450 g/mol. The van der Waals surface area contributed by atoms with Crippen molar-refractivity contribution < 1.29 is 15.0 Å². The number of rotatable bonds is 14. The van der Waals surface area contributed by atoms with Gasteiger partial charge in [0.05, 0.1) is 12.2 Å². The fraction of sp³-hybridized carbons (Fsp3) is 0.480. The number of carbonyl (C=O) groups is 1. The van der Waals surface area contributed by atoms with E-state index in [4.69, 9.17) is 23.2 Å². The van der Waals surface area contributed by atoms with Crippen molar-refractivity contribution in [2.24, 2.45) is 0 Å². The standard InChI is InChI=1S/C25H32Cl2O3/c26-17-9-1-3-15-23(28)19-11-5-7-13-21(19)25(30)22-14-8-6-12-20(22)24(29)16-4-2-10-18-27/h5-8,11-14,23-24,28-29H,1-4,9-10,15-18H2. The van der Waals surface area contributed by atoms with Gasteiger partial charge in [0.25, 0.3) is 0 Å². The van der Waals surface area contributed by atoms with Crippen LogP contribution >= 0.6 is 23.2 Å². The van der Waals surface area contributed by atoms with Crippen LogP contribution in [0.3, 0.4) is 0 Å². The second kappa shape index (κ2) is 13.8. The number of aliphatic hydroxyl groups is 2. The first kappa shape index (κ1) is 24.9. The van der Waals surface area contributed by atoms with Crippen LogP contribution in [0.2, 0.25) is 0 Å². The molecule has 0 bridgehead atoms. The largest absolute Gasteiger partial charge is 0.388 e. The topological polar surface area (TPSA) is 57.5 Å². The minimum absolute atomic E-state index is 0.166. The SMILES string of the molecule is O=C(c1ccccc1C(O)CCCCCCl)c1ccccc1C(O)CCCCCCl. The highest BCUT2D eigenvalue weighted by Gasteiger charge is 2.22. The summed E-state index contributed by atoms with van der Waals surface area (Å²) < 4.78 is 0. The van der Waals surface area contributed by atoms with Gasteiger partial charge in [-0.2, -0.15) is 0 Å². The van der Waals surface area contributed by atoms with E-state index in [0.29, 0.717) is 46.9 Å². The Morgan fingerprint density at radius 2 is 1.07 bits per heavy atom. The third kappa shape index (κ3) is 7.39. The average molecular weight is 451 g/mol. The van der Waals surface area contributed by atoms with Gasteiger partial charge in [-0.1, -0.05) is 74.2 Å². The summed E-state index contributed by atoms with van der Waals surface area (Å²) in [4.78, 5) is 13.4. The first-order chi connectivity index (χ1) is 14.6. The molecule has 0 radical (unpaired) electrons. The van der Waals surface area contributed by atoms with Crippen molar-refractivity contribution in [2.45, 2.75) is 63.6 Å². The molecular weight excluding hydrogens is 419 g/mol. The number of unbranched alkanes of at least 4 members (excludes halogenated alkanes) is 4. The molecule has 164 valence electrons. The Balaban J connectivity index is 2.19. The first-order valence-electron chi connectivity index (χ1n) is 10.8. The van der Waals surface area contributed by atoms with Gasteiger partial charge in [0.2, 0.25) is 0 Å². The summed E-state index contributed by atoms with van der Waals surface area (Å²) in [6.07, 6.45) is 5.24. The molecule has 30 heavy (non-hydrogen) atoms. The number of benzene rings is 2. The predicted molar refractivity (Wildman–Crippen MR) is 125 cm³/mol. The fourth-order valence-corrected chi connectivity index (χ4v) is 4.04. The maximum Gasteiger partial charge on any atom is 0.193 e. The normalized spacial score (nSPS) is 13.2. The second-order valence-electron chi connectivity index (χ2n) is 7.61. The third-order valence-electron chi connectivity index (χ3n) is 5.35. The van der Waals surface area contributed by atoms with Crippen LogP contribution in [0.15, 0.2) is 48.5 Å². The highest BCUT2D eigenvalue weighted by molar-refractivity contribution is 6.18. The molecule has 0 amide bonds. The van der Waals surface area contributed by atoms with Gasteiger partial charge in [0, 0.05) is 22.9 Å². The van der Waals surface area contributed by atoms with Crippen LogP contribution in [-0.2, 0) is 0 Å². The molecule has 5 heteroatoms. The molecular formula is C25H32Cl2O3. The number of carbonyl (C=O) groups excluding carboxylic acids is 1. The molecule has 2 atom stereocenters. The van der Waals surface area contributed by atoms with Gasteiger partial charge in [-0.05, 0) is 36.8 Å². The Morgan fingerprint density at radius 1 is 0.667 bits per heavy atom. The molecule has 0 heterocycles. The van der Waals surface area contributed by atoms with E-state index in [1.807, 2.05) is 36.4 Å². The van der Waals surface area contributed by atoms with Crippen molar-refractivity contribution in [1.29, 1.82) is 0 Å². The number of hydrogen-bond donors (Lipinski definition) is 2. The number of aliphatic hydroxyl groups excluding tert-OH is 2. The molecule has 2 N–H and O–H groups in total. The van der Waals surface area contributed by atoms with Crippen LogP contribution in [0.1, 0.15) is 90.6 Å². The zero-order chi connectivity index (χ0) is 21.8. The van der Waals surface area contributed by atoms with E-state index in [1.54, 1.807) is 12.1 Å². The van der Waals surface area contributed by atoms with Crippen LogP contribution < -0.4 is 0 Å². The molecule has 2 aromatic rings. The van der Waals surface area contributed by atoms with Crippen molar-refractivity contribution in [1.82, 2.24) is 0 Å². The summed E-state index contributed by atoms with van der Waals surface area (Å²) >= 11 is 11.4. The van der Waals surface area contributed by atoms with Crippen LogP contribution in [0.5, 0.6) is 0 Å². The third-order valence-corrected chi connectivity index (χ3v) is 5.89. The molecule has 0 aliphatic heterocycles. The summed E-state index contributed by atoms with van der Waals surface area (Å²) in [6, 6.07) is 14.4. The van der Waals surface area contributed by atoms with Gasteiger partial charge in [0.1, 0.15) is 0 Å². The second-order valence-corrected chi connectivity index (χ2v) is 8.37. The number of alkyl halides is 2. The van der Waals surface area contributed by atoms with Crippen LogP contribution in [0.25, 0.3) is 0 Å². The van der Waals surface area contributed by atoms with E-state index in [0.717, 1.165) is 38.5 Å². The van der Waals surface area contributed by atoms with Gasteiger partial charge >= 0.3 is 0 Å². The molecule has 3 nitrogen and oxygen atoms in total. The van der Waals surface area contributed by atoms with E-state index in [-0.39, 0.29) is 5.78 Å². The fourth-order valence-electron chi connectivity index (χ4n) is 3.66. The zero-order valence-electron chi connectivity index (χ0n) is 17.4. The molecule has 0 aromatic heterocycles. The van der Waals surface area contributed by atoms with Crippen molar-refractivity contribution in [3.63, 3.8) is 0 Å². The first-order valence-corrected chi connectivity index (χ1v) is 11.9. The van der Waals surface area contributed by atoms with E-state index in [9.17, 15) is 15.0 Å². The Labute approximate surface area is 190 Å². The molecule has 2 unspecified atom stereocenters. The summed E-state index contributed by atoms with van der Waals surface area (Å²) in [6.45, 7) is 0. The summed E-state index contributed by atoms with van der Waals surface area (Å²) in [5.41, 5.74) is 2.26. The number of ketones is 1. The molecule has 0 aliphatic carbocycles. The van der Waals surface area contributed by atoms with Crippen molar-refractivity contribution in [2.75, 3.05) is 11.8 Å². The highest BCUT2D eigenvalue weighted by Crippen LogP contribution is 2.29. The summed E-state index contributed by atoms with van der Waals surface area (Å²) in [5.74, 6) is 1.08. The highest BCUT2D eigenvalue weighted by atomic mass is 35.5. The quantitative estimate of drug-likeness (QED) is 0.194. The lowest BCUT2D eigenvalue weighted by Gasteiger charge is -2.18. The lowest BCUT2D eigenvalue weighted by Crippen LogP contribution is -2.13. The summed E-state index contributed by atoms with van der Waals surface area (Å²) in [5, 5.41) is 21.4. The maximum atomic E-state index is 13.4. The molecule has 0 aliphatic rings. The van der Waals surface area contributed by atoms with Crippen LogP contribution in [0, 0.1) is 0 Å². The average Bonchev–Trinajstić information content (AvgIpc) is 2.79. The number of hydrogen-bond acceptors (Lipinski definition) is 3. The predicted octanol–water partition coefficient (Wildman–Crippen LogP) is 6.58. The van der Waals surface area contributed by atoms with Gasteiger partial charge in [-0.15, -0.1) is 23.2 Å². The zero-order valence-corrected chi connectivity index (χ0v) is 18.9. The van der Waals surface area contributed by atoms with Crippen molar-refractivity contribution >= 4 is 29.0 Å². The van der Waals surface area contributed by atoms with Crippen LogP contribution in [0.4, 0.5) is 0 Å². The Kier molecular flexibility index (Phi) is 11.5. The van der Waals surface area contributed by atoms with Gasteiger partial charge in [-0.25, -0.2) is 0 Å². The molecule has 0 saturated carbocycles. The molecule has 0 saturated heterocycles. The van der Waals surface area contributed by atoms with E-state index >= 15 is 0 Å². The number of halogens is 2. The smallest absolute Gasteiger partial charge is 0.193 e. The minimum Gasteiger partial charge on any atom is -0.388 e. The van der Waals surface area contributed by atoms with Gasteiger partial charge in [-0.3, -0.25) is 4.79 Å². The maximum absolute atomic E-state index is 13.4. The molecule has 2 rings (SSSR count). The van der Waals surface area contributed by atoms with Gasteiger partial charge in [0.15, 0.2) is 5.78 Å². The summed E-state index contributed by atoms with van der Waals surface area (Å²) in [7, 11) is 0. The van der Waals surface area contributed by atoms with Gasteiger partial charge < -0.3 is 10.2 Å². The van der Waals surface area contributed by atoms with E-state index in [1.165, 1.54) is 0 Å². The lowest BCUT2D eigenvalue weighted by atomic mass is 9.89. The Morgan fingerprint density at radius 3 is 1.47 bits per heavy atom. The van der Waals surface area contributed by atoms with Crippen molar-refractivity contribution in [3.05, 3.63) is 70.8 Å².